The van der Waals surface area contributed by atoms with Crippen molar-refractivity contribution in [3.8, 4) is 16.5 Å². The van der Waals surface area contributed by atoms with Crippen LogP contribution in [-0.4, -0.2) is 39.3 Å². The molecule has 0 unspecified atom stereocenters. The smallest absolute Gasteiger partial charge is 0.346 e. The normalized spacial score (nSPS) is 11.2. The molecule has 41 heavy (non-hydrogen) atoms. The molecule has 5 aromatic rings. The van der Waals surface area contributed by atoms with Crippen molar-refractivity contribution in [3.63, 3.8) is 0 Å². The lowest BCUT2D eigenvalue weighted by Crippen LogP contribution is -2.08. The van der Waals surface area contributed by atoms with E-state index in [9.17, 15) is 4.79 Å². The Morgan fingerprint density at radius 2 is 1.29 bits per heavy atom. The molecule has 0 spiro atoms. The van der Waals surface area contributed by atoms with Gasteiger partial charge in [-0.1, -0.05) is 48.5 Å². The molecule has 7 heteroatoms. The maximum atomic E-state index is 11.2. The minimum Gasteiger partial charge on any atom is -0.477 e. The molecule has 0 bridgehead atoms. The molecule has 204 valence electrons. The van der Waals surface area contributed by atoms with Gasteiger partial charge in [-0.25, -0.2) is 4.79 Å². The van der Waals surface area contributed by atoms with Crippen LogP contribution in [0.1, 0.15) is 21.6 Å². The van der Waals surface area contributed by atoms with E-state index in [-0.39, 0.29) is 5.57 Å². The fourth-order valence-electron chi connectivity index (χ4n) is 4.47. The first kappa shape index (κ1) is 27.9. The van der Waals surface area contributed by atoms with Gasteiger partial charge in [0.2, 0.25) is 0 Å². The van der Waals surface area contributed by atoms with Gasteiger partial charge in [0.05, 0.1) is 0 Å². The Kier molecular flexibility index (Phi) is 8.06. The van der Waals surface area contributed by atoms with E-state index in [0.717, 1.165) is 58.4 Å². The zero-order valence-corrected chi connectivity index (χ0v) is 24.9. The van der Waals surface area contributed by atoms with Crippen molar-refractivity contribution in [2.75, 3.05) is 38.0 Å². The molecular formula is C34H29N3O2S2. The molecule has 0 aliphatic heterocycles. The molecule has 0 saturated heterocycles. The molecule has 2 aromatic heterocycles. The lowest BCUT2D eigenvalue weighted by Gasteiger charge is -2.16. The molecule has 2 heterocycles. The van der Waals surface area contributed by atoms with Gasteiger partial charge in [0.15, 0.2) is 0 Å². The number of benzene rings is 3. The van der Waals surface area contributed by atoms with Gasteiger partial charge in [0, 0.05) is 58.7 Å². The van der Waals surface area contributed by atoms with Crippen molar-refractivity contribution in [2.24, 2.45) is 0 Å². The average Bonchev–Trinajstić information content (AvgIpc) is 3.54. The van der Waals surface area contributed by atoms with Gasteiger partial charge in [-0.15, -0.1) is 22.7 Å². The van der Waals surface area contributed by atoms with Crippen LogP contribution in [0, 0.1) is 11.3 Å². The third-order valence-corrected chi connectivity index (χ3v) is 9.05. The van der Waals surface area contributed by atoms with E-state index in [0.29, 0.717) is 0 Å². The number of hydrogen-bond acceptors (Lipinski definition) is 6. The fraction of sp³-hybridized carbons (Fsp3) is 0.118. The van der Waals surface area contributed by atoms with Crippen molar-refractivity contribution >= 4 is 67.1 Å². The fourth-order valence-corrected chi connectivity index (χ4v) is 6.83. The molecular weight excluding hydrogens is 547 g/mol. The average molecular weight is 576 g/mol. The number of fused-ring (bicyclic) bond motifs is 1. The Morgan fingerprint density at radius 1 is 0.756 bits per heavy atom. The van der Waals surface area contributed by atoms with Crippen molar-refractivity contribution in [3.05, 3.63) is 112 Å². The molecule has 5 nitrogen and oxygen atoms in total. The highest BCUT2D eigenvalue weighted by Crippen LogP contribution is 2.39. The van der Waals surface area contributed by atoms with E-state index >= 15 is 0 Å². The second-order valence-corrected chi connectivity index (χ2v) is 12.2. The summed E-state index contributed by atoms with van der Waals surface area (Å²) in [5.41, 5.74) is 7.77. The molecule has 0 saturated carbocycles. The predicted molar refractivity (Wildman–Crippen MR) is 175 cm³/mol. The minimum absolute atomic E-state index is 0.260. The number of anilines is 2. The SMILES string of the molecule is CN(C)c1ccc(C(=Cc2ccc(-c3cc4sc(/C=C(\C#N)C(=O)O)cc4s3)cc2)c2ccc(N(C)C)cc2)cc1. The van der Waals surface area contributed by atoms with E-state index in [2.05, 4.69) is 94.7 Å². The molecule has 1 N–H and O–H groups in total. The van der Waals surface area contributed by atoms with Crippen LogP contribution in [0.5, 0.6) is 0 Å². The number of nitrogens with zero attached hydrogens (tertiary/aromatic N) is 3. The first-order chi connectivity index (χ1) is 19.7. The first-order valence-corrected chi connectivity index (χ1v) is 14.6. The van der Waals surface area contributed by atoms with E-state index in [1.165, 1.54) is 17.4 Å². The predicted octanol–water partition coefficient (Wildman–Crippen LogP) is 8.34. The Bertz CT molecular complexity index is 1710. The van der Waals surface area contributed by atoms with Crippen molar-refractivity contribution in [1.82, 2.24) is 0 Å². The zero-order valence-electron chi connectivity index (χ0n) is 23.3. The third kappa shape index (κ3) is 6.25. The summed E-state index contributed by atoms with van der Waals surface area (Å²) in [6.07, 6.45) is 3.67. The number of carboxylic acids is 1. The number of aliphatic carboxylic acids is 1. The summed E-state index contributed by atoms with van der Waals surface area (Å²) in [6.45, 7) is 0. The summed E-state index contributed by atoms with van der Waals surface area (Å²) in [5.74, 6) is -1.21. The van der Waals surface area contributed by atoms with Gasteiger partial charge in [0.1, 0.15) is 11.6 Å². The van der Waals surface area contributed by atoms with Gasteiger partial charge < -0.3 is 14.9 Å². The van der Waals surface area contributed by atoms with Gasteiger partial charge in [-0.05, 0) is 76.4 Å². The highest BCUT2D eigenvalue weighted by molar-refractivity contribution is 7.29. The van der Waals surface area contributed by atoms with Gasteiger partial charge >= 0.3 is 5.97 Å². The van der Waals surface area contributed by atoms with E-state index < -0.39 is 5.97 Å². The number of nitriles is 1. The standard InChI is InChI=1S/C34H29N3O2S2/c1-36(2)27-13-9-23(10-14-27)30(24-11-15-28(16-12-24)37(3)4)17-22-5-7-25(8-6-22)31-20-33-32(41-31)19-29(40-33)18-26(21-35)34(38)39/h5-20H,1-4H3,(H,38,39)/b26-18+. The lowest BCUT2D eigenvalue weighted by atomic mass is 9.95. The van der Waals surface area contributed by atoms with E-state index in [4.69, 9.17) is 10.4 Å². The molecule has 0 atom stereocenters. The summed E-state index contributed by atoms with van der Waals surface area (Å²) in [6, 6.07) is 31.7. The summed E-state index contributed by atoms with van der Waals surface area (Å²) >= 11 is 3.15. The molecule has 3 aromatic carbocycles. The first-order valence-electron chi connectivity index (χ1n) is 13.0. The molecule has 0 aliphatic rings. The van der Waals surface area contributed by atoms with E-state index in [1.807, 2.05) is 34.3 Å². The quantitative estimate of drug-likeness (QED) is 0.114. The monoisotopic (exact) mass is 575 g/mol. The Balaban J connectivity index is 1.46. The highest BCUT2D eigenvalue weighted by Gasteiger charge is 2.12. The van der Waals surface area contributed by atoms with Crippen LogP contribution in [0.3, 0.4) is 0 Å². The summed E-state index contributed by atoms with van der Waals surface area (Å²) < 4.78 is 2.15. The molecule has 0 amide bonds. The van der Waals surface area contributed by atoms with E-state index in [1.54, 1.807) is 17.4 Å². The number of hydrogen-bond donors (Lipinski definition) is 1. The van der Waals surface area contributed by atoms with Crippen molar-refractivity contribution in [2.45, 2.75) is 0 Å². The molecule has 0 radical (unpaired) electrons. The molecule has 5 rings (SSSR count). The topological polar surface area (TPSA) is 67.6 Å². The van der Waals surface area contributed by atoms with Crippen molar-refractivity contribution in [1.29, 1.82) is 5.26 Å². The molecule has 0 fully saturated rings. The van der Waals surface area contributed by atoms with Gasteiger partial charge in [0.25, 0.3) is 0 Å². The number of rotatable bonds is 8. The summed E-state index contributed by atoms with van der Waals surface area (Å²) in [7, 11) is 8.18. The van der Waals surface area contributed by atoms with Crippen LogP contribution in [-0.2, 0) is 4.79 Å². The van der Waals surface area contributed by atoms with Crippen LogP contribution < -0.4 is 9.80 Å². The largest absolute Gasteiger partial charge is 0.477 e. The second kappa shape index (κ2) is 11.8. The summed E-state index contributed by atoms with van der Waals surface area (Å²) in [5, 5.41) is 18.2. The van der Waals surface area contributed by atoms with Gasteiger partial charge in [-0.3, -0.25) is 0 Å². The third-order valence-electron chi connectivity index (χ3n) is 6.76. The Labute approximate surface area is 248 Å². The number of carbonyl (C=O) groups is 1. The Hall–Kier alpha value is -4.64. The van der Waals surface area contributed by atoms with Crippen LogP contribution >= 0.6 is 22.7 Å². The highest BCUT2D eigenvalue weighted by atomic mass is 32.1. The lowest BCUT2D eigenvalue weighted by molar-refractivity contribution is -0.132. The maximum Gasteiger partial charge on any atom is 0.346 e. The molecule has 0 aliphatic carbocycles. The van der Waals surface area contributed by atoms with Crippen LogP contribution in [0.2, 0.25) is 0 Å². The maximum absolute atomic E-state index is 11.2. The van der Waals surface area contributed by atoms with Crippen LogP contribution in [0.15, 0.2) is 90.5 Å². The van der Waals surface area contributed by atoms with Gasteiger partial charge in [-0.2, -0.15) is 5.26 Å². The van der Waals surface area contributed by atoms with Crippen molar-refractivity contribution < 1.29 is 9.90 Å². The summed E-state index contributed by atoms with van der Waals surface area (Å²) in [4.78, 5) is 17.3. The Morgan fingerprint density at radius 3 is 1.76 bits per heavy atom. The number of thiophene rings is 2. The number of carboxylic acid groups (broad SMARTS) is 1. The van der Waals surface area contributed by atoms with Crippen LogP contribution in [0.4, 0.5) is 11.4 Å². The zero-order chi connectivity index (χ0) is 29.1. The van der Waals surface area contributed by atoms with Crippen LogP contribution in [0.25, 0.3) is 37.6 Å². The minimum atomic E-state index is -1.21. The second-order valence-electron chi connectivity index (χ2n) is 10.0.